The summed E-state index contributed by atoms with van der Waals surface area (Å²) in [5.74, 6) is -0.176. The van der Waals surface area contributed by atoms with E-state index in [-0.39, 0.29) is 61.4 Å². The number of likely N-dealkylation sites (tertiary alicyclic amines) is 2. The molecule has 3 fully saturated rings. The van der Waals surface area contributed by atoms with E-state index < -0.39 is 23.6 Å². The molecule has 0 unspecified atom stereocenters. The normalized spacial score (nSPS) is 17.6. The fourth-order valence-electron chi connectivity index (χ4n) is 10.6. The van der Waals surface area contributed by atoms with Crippen LogP contribution in [0.3, 0.4) is 0 Å². The molecule has 4 aromatic rings. The molecule has 16 nitrogen and oxygen atoms in total. The molecule has 3 aliphatic heterocycles. The Morgan fingerprint density at radius 1 is 0.805 bits per heavy atom. The second-order valence-corrected chi connectivity index (χ2v) is 23.0. The zero-order valence-electron chi connectivity index (χ0n) is 45.7. The minimum absolute atomic E-state index is 0.0226. The highest BCUT2D eigenvalue weighted by molar-refractivity contribution is 7.13. The van der Waals surface area contributed by atoms with Crippen LogP contribution in [-0.4, -0.2) is 136 Å². The Balaban J connectivity index is 0.718. The minimum Gasteiger partial charge on any atom is -0.391 e. The van der Waals surface area contributed by atoms with Gasteiger partial charge in [-0.15, -0.1) is 11.3 Å². The molecule has 0 bridgehead atoms. The van der Waals surface area contributed by atoms with Crippen LogP contribution >= 0.6 is 11.3 Å². The fourth-order valence-corrected chi connectivity index (χ4v) is 11.4. The summed E-state index contributed by atoms with van der Waals surface area (Å²) in [4.78, 5) is 96.5. The Kier molecular flexibility index (Phi) is 21.8. The van der Waals surface area contributed by atoms with Crippen LogP contribution in [0.1, 0.15) is 138 Å². The number of aliphatic hydroxyl groups is 1. The fraction of sp³-hybridized carbons (Fsp3) is 0.533. The number of aliphatic hydroxyl groups excluding tert-OH is 1. The zero-order valence-corrected chi connectivity index (χ0v) is 46.5. The number of pyridine rings is 1. The van der Waals surface area contributed by atoms with E-state index in [4.69, 9.17) is 0 Å². The summed E-state index contributed by atoms with van der Waals surface area (Å²) in [6.45, 7) is 12.9. The molecule has 3 aliphatic rings. The average molecular weight is 1070 g/mol. The third-order valence-electron chi connectivity index (χ3n) is 15.2. The van der Waals surface area contributed by atoms with Gasteiger partial charge in [0.25, 0.3) is 5.91 Å². The molecular weight excluding hydrogens is 991 g/mol. The molecule has 3 atom stereocenters. The molecule has 0 aliphatic carbocycles. The molecule has 2 aromatic heterocycles. The lowest BCUT2D eigenvalue weighted by atomic mass is 9.85. The highest BCUT2D eigenvalue weighted by Crippen LogP contribution is 2.30. The summed E-state index contributed by atoms with van der Waals surface area (Å²) >= 11 is 1.58. The van der Waals surface area contributed by atoms with Gasteiger partial charge >= 0.3 is 0 Å². The molecule has 17 heteroatoms. The molecule has 5 heterocycles. The van der Waals surface area contributed by atoms with Crippen molar-refractivity contribution in [3.05, 3.63) is 107 Å². The molecular formula is C60H81N9O7S. The number of nitrogens with zero attached hydrogens (tertiary/aromatic N) is 6. The first-order chi connectivity index (χ1) is 37.1. The molecule has 3 saturated heterocycles. The smallest absolute Gasteiger partial charge is 0.253 e. The van der Waals surface area contributed by atoms with Crippen LogP contribution in [-0.2, 0) is 30.5 Å². The van der Waals surface area contributed by atoms with Crippen molar-refractivity contribution in [3.8, 4) is 10.4 Å². The SMILES string of the molecule is Cc1ncsc1-c1ccc(CNC(=O)[C@@H]2C[C@@H](O)CN2C(=O)[C@@H](NC(=O)CCCCCCCCC(=O)N2CCN(c3ccc(C(=O)N4CCC(CCCCNC(=O)/C=C/c5cccnc5)CC4)cc3)CC2)C(C)(C)C)cc1. The number of thiazole rings is 1. The van der Waals surface area contributed by atoms with E-state index in [9.17, 15) is 33.9 Å². The van der Waals surface area contributed by atoms with Gasteiger partial charge in [-0.3, -0.25) is 33.8 Å². The van der Waals surface area contributed by atoms with Crippen LogP contribution < -0.4 is 20.9 Å². The van der Waals surface area contributed by atoms with Crippen molar-refractivity contribution in [1.29, 1.82) is 0 Å². The lowest BCUT2D eigenvalue weighted by molar-refractivity contribution is -0.144. The predicted octanol–water partition coefficient (Wildman–Crippen LogP) is 7.94. The largest absolute Gasteiger partial charge is 0.391 e. The Morgan fingerprint density at radius 3 is 2.17 bits per heavy atom. The van der Waals surface area contributed by atoms with Crippen LogP contribution in [0.25, 0.3) is 16.5 Å². The Bertz CT molecular complexity index is 2590. The summed E-state index contributed by atoms with van der Waals surface area (Å²) < 4.78 is 0. The number of carbonyl (C=O) groups excluding carboxylic acids is 6. The Hall–Kier alpha value is -6.46. The maximum Gasteiger partial charge on any atom is 0.253 e. The number of hydrogen-bond acceptors (Lipinski definition) is 11. The third kappa shape index (κ3) is 17.5. The van der Waals surface area contributed by atoms with E-state index in [0.717, 1.165) is 123 Å². The van der Waals surface area contributed by atoms with E-state index in [0.29, 0.717) is 44.0 Å². The molecule has 2 aromatic carbocycles. The lowest BCUT2D eigenvalue weighted by Gasteiger charge is -2.36. The van der Waals surface area contributed by atoms with Gasteiger partial charge in [0, 0.05) is 108 Å². The van der Waals surface area contributed by atoms with Crippen molar-refractivity contribution >= 4 is 58.5 Å². The second kappa shape index (κ2) is 28.8. The van der Waals surface area contributed by atoms with Crippen LogP contribution in [0.15, 0.2) is 84.6 Å². The number of benzene rings is 2. The number of piperidine rings is 1. The number of β-amino-alcohol motifs (C(OH)–C–C–N with tert-alkyl or cyclic N) is 1. The number of anilines is 1. The molecule has 0 radical (unpaired) electrons. The van der Waals surface area contributed by atoms with Gasteiger partial charge in [0.15, 0.2) is 0 Å². The topological polar surface area (TPSA) is 197 Å². The predicted molar refractivity (Wildman–Crippen MR) is 303 cm³/mol. The number of aromatic nitrogens is 2. The maximum atomic E-state index is 14.1. The van der Waals surface area contributed by atoms with Crippen LogP contribution in [0.4, 0.5) is 5.69 Å². The molecule has 414 valence electrons. The zero-order chi connectivity index (χ0) is 54.7. The van der Waals surface area contributed by atoms with E-state index in [1.54, 1.807) is 35.9 Å². The number of rotatable bonds is 24. The highest BCUT2D eigenvalue weighted by Gasteiger charge is 2.44. The van der Waals surface area contributed by atoms with Gasteiger partial charge in [0.05, 0.1) is 22.2 Å². The molecule has 77 heavy (non-hydrogen) atoms. The quantitative estimate of drug-likeness (QED) is 0.0395. The van der Waals surface area contributed by atoms with E-state index in [2.05, 4.69) is 30.8 Å². The van der Waals surface area contributed by atoms with Crippen molar-refractivity contribution in [1.82, 2.24) is 40.6 Å². The molecule has 4 N–H and O–H groups in total. The number of nitrogens with one attached hydrogen (secondary N) is 3. The van der Waals surface area contributed by atoms with Gasteiger partial charge in [-0.1, -0.05) is 89.6 Å². The molecule has 0 spiro atoms. The summed E-state index contributed by atoms with van der Waals surface area (Å²) in [6, 6.07) is 17.9. The summed E-state index contributed by atoms with van der Waals surface area (Å²) in [5, 5.41) is 19.5. The maximum absolute atomic E-state index is 14.1. The van der Waals surface area contributed by atoms with Crippen LogP contribution in [0.2, 0.25) is 0 Å². The molecule has 6 amide bonds. The van der Waals surface area contributed by atoms with Crippen molar-refractivity contribution < 1.29 is 33.9 Å². The van der Waals surface area contributed by atoms with E-state index >= 15 is 0 Å². The number of hydrogen-bond donors (Lipinski definition) is 4. The van der Waals surface area contributed by atoms with Gasteiger partial charge in [-0.2, -0.15) is 0 Å². The van der Waals surface area contributed by atoms with Crippen molar-refractivity contribution in [2.24, 2.45) is 11.3 Å². The highest BCUT2D eigenvalue weighted by atomic mass is 32.1. The van der Waals surface area contributed by atoms with Crippen LogP contribution in [0, 0.1) is 18.3 Å². The second-order valence-electron chi connectivity index (χ2n) is 22.1. The summed E-state index contributed by atoms with van der Waals surface area (Å²) in [6.07, 6.45) is 17.1. The summed E-state index contributed by atoms with van der Waals surface area (Å²) in [5.41, 5.74) is 6.78. The number of amides is 6. The lowest BCUT2D eigenvalue weighted by Crippen LogP contribution is -2.57. The Morgan fingerprint density at radius 2 is 1.51 bits per heavy atom. The Labute approximate surface area is 459 Å². The molecule has 0 saturated carbocycles. The summed E-state index contributed by atoms with van der Waals surface area (Å²) in [7, 11) is 0. The van der Waals surface area contributed by atoms with Gasteiger partial charge < -0.3 is 40.7 Å². The van der Waals surface area contributed by atoms with Crippen molar-refractivity contribution in [2.45, 2.75) is 142 Å². The van der Waals surface area contributed by atoms with E-state index in [1.165, 1.54) is 4.90 Å². The first-order valence-corrected chi connectivity index (χ1v) is 28.8. The van der Waals surface area contributed by atoms with Crippen molar-refractivity contribution in [2.75, 3.05) is 57.3 Å². The molecule has 7 rings (SSSR count). The first kappa shape index (κ1) is 58.2. The number of unbranched alkanes of at least 4 members (excludes halogenated alkanes) is 6. The average Bonchev–Trinajstić information content (AvgIpc) is 4.08. The van der Waals surface area contributed by atoms with Crippen molar-refractivity contribution in [3.63, 3.8) is 0 Å². The van der Waals surface area contributed by atoms with Crippen LogP contribution in [0.5, 0.6) is 0 Å². The van der Waals surface area contributed by atoms with Gasteiger partial charge in [-0.25, -0.2) is 4.98 Å². The number of aryl methyl sites for hydroxylation is 1. The number of piperazine rings is 1. The standard InChI is InChI=1S/C60H81N9O7S/c1-43-55(77-42-64-43)47-21-18-46(19-22-47)40-63-57(74)51-38-50(70)41-69(51)59(76)56(60(2,3)4)65-53(72)16-9-7-5-6-8-10-17-54(73)67-36-34-66(35-37-67)49-25-23-48(24-26-49)58(75)68-32-28-44(29-33-68)14-11-12-31-62-52(71)27-20-45-15-13-30-61-39-45/h13,15,18-27,30,39,42,44,50-51,56,70H,5-12,14,16-17,28-29,31-38,40-41H2,1-4H3,(H,62,71)(H,63,74)(H,65,72)/b27-20+/t50-,51+,56-/m1/s1. The monoisotopic (exact) mass is 1070 g/mol. The van der Waals surface area contributed by atoms with Gasteiger partial charge in [-0.05, 0) is 103 Å². The minimum atomic E-state index is -0.868. The van der Waals surface area contributed by atoms with Gasteiger partial charge in [0.2, 0.25) is 29.5 Å². The third-order valence-corrected chi connectivity index (χ3v) is 16.2. The first-order valence-electron chi connectivity index (χ1n) is 28.0. The number of carbonyl (C=O) groups is 6. The van der Waals surface area contributed by atoms with Gasteiger partial charge in [0.1, 0.15) is 12.1 Å². The van der Waals surface area contributed by atoms with E-state index in [1.807, 2.05) is 104 Å².